The van der Waals surface area contributed by atoms with Gasteiger partial charge in [0, 0.05) is 10.6 Å². The average Bonchev–Trinajstić information content (AvgIpc) is 2.72. The van der Waals surface area contributed by atoms with Crippen LogP contribution in [0.25, 0.3) is 6.08 Å². The van der Waals surface area contributed by atoms with Crippen LogP contribution in [0.1, 0.15) is 18.9 Å². The van der Waals surface area contributed by atoms with Gasteiger partial charge in [0.15, 0.2) is 7.14 Å². The van der Waals surface area contributed by atoms with E-state index in [1.165, 1.54) is 0 Å². The molecule has 0 aliphatic rings. The van der Waals surface area contributed by atoms with Gasteiger partial charge in [-0.25, -0.2) is 0 Å². The van der Waals surface area contributed by atoms with E-state index in [4.69, 9.17) is 0 Å². The molecule has 1 unspecified atom stereocenters. The van der Waals surface area contributed by atoms with Crippen molar-refractivity contribution in [3.63, 3.8) is 0 Å². The molecule has 1 atom stereocenters. The molecule has 0 aliphatic heterocycles. The van der Waals surface area contributed by atoms with Gasteiger partial charge in [-0.15, -0.1) is 0 Å². The van der Waals surface area contributed by atoms with Crippen molar-refractivity contribution in [3.05, 3.63) is 103 Å². The molecule has 0 amide bonds. The van der Waals surface area contributed by atoms with Crippen molar-refractivity contribution in [3.8, 4) is 0 Å². The molecule has 27 heavy (non-hydrogen) atoms. The Hall–Kier alpha value is -2.70. The maximum atomic E-state index is 14.3. The van der Waals surface area contributed by atoms with Crippen molar-refractivity contribution in [2.75, 3.05) is 0 Å². The summed E-state index contributed by atoms with van der Waals surface area (Å²) in [5.74, 6) is -0.0521. The highest BCUT2D eigenvalue weighted by atomic mass is 31.2. The van der Waals surface area contributed by atoms with Gasteiger partial charge in [-0.1, -0.05) is 103 Å². The van der Waals surface area contributed by atoms with E-state index in [1.54, 1.807) is 6.92 Å². The lowest BCUT2D eigenvalue weighted by Crippen LogP contribution is -2.30. The summed E-state index contributed by atoms with van der Waals surface area (Å²) < 4.78 is 14.3. The van der Waals surface area contributed by atoms with E-state index < -0.39 is 12.8 Å². The monoisotopic (exact) mass is 374 g/mol. The van der Waals surface area contributed by atoms with Crippen molar-refractivity contribution in [2.24, 2.45) is 0 Å². The van der Waals surface area contributed by atoms with Crippen LogP contribution in [0.3, 0.4) is 0 Å². The maximum Gasteiger partial charge on any atom is 0.153 e. The topological polar surface area (TPSA) is 34.1 Å². The first-order valence-corrected chi connectivity index (χ1v) is 10.8. The molecule has 0 spiro atoms. The minimum Gasteiger partial charge on any atom is -0.313 e. The maximum absolute atomic E-state index is 14.3. The predicted octanol–water partition coefficient (Wildman–Crippen LogP) is 5.06. The number of rotatable bonds is 7. The van der Waals surface area contributed by atoms with Gasteiger partial charge < -0.3 is 4.57 Å². The van der Waals surface area contributed by atoms with Crippen LogP contribution in [0, 0.1) is 0 Å². The molecule has 0 aliphatic carbocycles. The van der Waals surface area contributed by atoms with E-state index in [1.807, 2.05) is 103 Å². The minimum absolute atomic E-state index is 0.0521. The second-order valence-electron chi connectivity index (χ2n) is 6.50. The first-order chi connectivity index (χ1) is 13.1. The van der Waals surface area contributed by atoms with Crippen LogP contribution in [0.15, 0.2) is 97.1 Å². The number of benzene rings is 3. The number of Topliss-reactive ketones (excluding diaryl/α,β-unsaturated/α-hetero) is 1. The van der Waals surface area contributed by atoms with Crippen LogP contribution in [0.4, 0.5) is 0 Å². The first-order valence-electron chi connectivity index (χ1n) is 9.05. The van der Waals surface area contributed by atoms with E-state index in [9.17, 15) is 9.36 Å². The third-order valence-corrected chi connectivity index (χ3v) is 8.24. The van der Waals surface area contributed by atoms with Crippen molar-refractivity contribution in [1.29, 1.82) is 0 Å². The van der Waals surface area contributed by atoms with Crippen LogP contribution in [-0.2, 0) is 9.36 Å². The van der Waals surface area contributed by atoms with Crippen LogP contribution in [0.5, 0.6) is 0 Å². The van der Waals surface area contributed by atoms with Gasteiger partial charge in [-0.2, -0.15) is 0 Å². The molecule has 3 aromatic rings. The third-order valence-electron chi connectivity index (χ3n) is 4.66. The fourth-order valence-corrected chi connectivity index (χ4v) is 6.45. The predicted molar refractivity (Wildman–Crippen MR) is 114 cm³/mol. The third kappa shape index (κ3) is 4.35. The Morgan fingerprint density at radius 1 is 0.815 bits per heavy atom. The summed E-state index contributed by atoms with van der Waals surface area (Å²) in [5.41, 5.74) is 0.483. The molecule has 0 bridgehead atoms. The Balaban J connectivity index is 2.01. The number of allylic oxidation sites excluding steroid dienone is 1. The van der Waals surface area contributed by atoms with Gasteiger partial charge in [0.1, 0.15) is 5.78 Å². The standard InChI is InChI=1S/C24H23O2P/c1-20(25)24(19-11-14-21-12-5-2-6-13-21)27(26,22-15-7-3-8-16-22)23-17-9-4-10-18-23/h2-18,24H,19H2,1H3. The second-order valence-corrected chi connectivity index (χ2v) is 9.48. The zero-order valence-electron chi connectivity index (χ0n) is 15.4. The van der Waals surface area contributed by atoms with Gasteiger partial charge in [0.05, 0.1) is 5.66 Å². The molecule has 2 nitrogen and oxygen atoms in total. The summed E-state index contributed by atoms with van der Waals surface area (Å²) in [6.07, 6.45) is 4.38. The molecule has 0 N–H and O–H groups in total. The molecule has 3 aromatic carbocycles. The molecule has 3 heteroatoms. The van der Waals surface area contributed by atoms with Crippen LogP contribution in [-0.4, -0.2) is 11.4 Å². The SMILES string of the molecule is CC(=O)C(CC=Cc1ccccc1)P(=O)(c1ccccc1)c1ccccc1. The lowest BCUT2D eigenvalue weighted by molar-refractivity contribution is -0.116. The van der Waals surface area contributed by atoms with Gasteiger partial charge in [-0.3, -0.25) is 4.79 Å². The summed E-state index contributed by atoms with van der Waals surface area (Å²) in [6, 6.07) is 28.7. The molecule has 0 saturated carbocycles. The Morgan fingerprint density at radius 3 is 1.70 bits per heavy atom. The summed E-state index contributed by atoms with van der Waals surface area (Å²) in [6.45, 7) is 1.54. The highest BCUT2D eigenvalue weighted by molar-refractivity contribution is 7.80. The number of hydrogen-bond donors (Lipinski definition) is 0. The molecule has 3 rings (SSSR count). The van der Waals surface area contributed by atoms with Crippen molar-refractivity contribution < 1.29 is 9.36 Å². The number of ketones is 1. The number of hydrogen-bond acceptors (Lipinski definition) is 2. The van der Waals surface area contributed by atoms with E-state index in [-0.39, 0.29) is 5.78 Å². The molecular formula is C24H23O2P. The molecule has 0 aromatic heterocycles. The summed E-state index contributed by atoms with van der Waals surface area (Å²) in [4.78, 5) is 12.6. The molecule has 0 heterocycles. The van der Waals surface area contributed by atoms with Crippen LogP contribution < -0.4 is 10.6 Å². The zero-order chi connectivity index (χ0) is 19.1. The molecule has 136 valence electrons. The average molecular weight is 374 g/mol. The zero-order valence-corrected chi connectivity index (χ0v) is 16.3. The van der Waals surface area contributed by atoms with E-state index in [0.29, 0.717) is 6.42 Å². The number of carbonyl (C=O) groups excluding carboxylic acids is 1. The Morgan fingerprint density at radius 2 is 1.26 bits per heavy atom. The van der Waals surface area contributed by atoms with E-state index in [0.717, 1.165) is 16.2 Å². The van der Waals surface area contributed by atoms with Crippen molar-refractivity contribution in [1.82, 2.24) is 0 Å². The molecule has 0 fully saturated rings. The lowest BCUT2D eigenvalue weighted by atomic mass is 10.1. The van der Waals surface area contributed by atoms with Gasteiger partial charge in [0.25, 0.3) is 0 Å². The minimum atomic E-state index is -3.11. The summed E-state index contributed by atoms with van der Waals surface area (Å²) >= 11 is 0. The quantitative estimate of drug-likeness (QED) is 0.542. The highest BCUT2D eigenvalue weighted by Gasteiger charge is 2.38. The van der Waals surface area contributed by atoms with E-state index in [2.05, 4.69) is 0 Å². The van der Waals surface area contributed by atoms with Crippen LogP contribution >= 0.6 is 7.14 Å². The Labute approximate surface area is 160 Å². The van der Waals surface area contributed by atoms with Gasteiger partial charge in [0.2, 0.25) is 0 Å². The van der Waals surface area contributed by atoms with Crippen molar-refractivity contribution >= 4 is 29.6 Å². The van der Waals surface area contributed by atoms with Crippen LogP contribution in [0.2, 0.25) is 0 Å². The molecule has 0 radical (unpaired) electrons. The number of carbonyl (C=O) groups is 1. The summed E-state index contributed by atoms with van der Waals surface area (Å²) in [5, 5.41) is 1.45. The molecule has 0 saturated heterocycles. The molecular weight excluding hydrogens is 351 g/mol. The fourth-order valence-electron chi connectivity index (χ4n) is 3.28. The van der Waals surface area contributed by atoms with Gasteiger partial charge in [-0.05, 0) is 18.9 Å². The smallest absolute Gasteiger partial charge is 0.153 e. The Bertz CT molecular complexity index is 904. The first kappa shape index (κ1) is 19.1. The fraction of sp³-hybridized carbons (Fsp3) is 0.125. The lowest BCUT2D eigenvalue weighted by Gasteiger charge is -2.26. The summed E-state index contributed by atoms with van der Waals surface area (Å²) in [7, 11) is -3.11. The highest BCUT2D eigenvalue weighted by Crippen LogP contribution is 2.50. The normalized spacial score (nSPS) is 12.8. The Kier molecular flexibility index (Phi) is 6.21. The second kappa shape index (κ2) is 8.79. The van der Waals surface area contributed by atoms with Crippen molar-refractivity contribution in [2.45, 2.75) is 19.0 Å². The van der Waals surface area contributed by atoms with E-state index >= 15 is 0 Å². The largest absolute Gasteiger partial charge is 0.313 e. The van der Waals surface area contributed by atoms with Gasteiger partial charge >= 0.3 is 0 Å².